The molecule has 1 aliphatic heterocycles. The summed E-state index contributed by atoms with van der Waals surface area (Å²) < 4.78 is 0. The Morgan fingerprint density at radius 1 is 1.26 bits per heavy atom. The van der Waals surface area contributed by atoms with Crippen molar-refractivity contribution in [2.45, 2.75) is 25.2 Å². The number of carboxylic acids is 1. The Labute approximate surface area is 134 Å². The topological polar surface area (TPSA) is 62.5 Å². The second kappa shape index (κ2) is 4.88. The fourth-order valence-corrected chi connectivity index (χ4v) is 3.26. The summed E-state index contributed by atoms with van der Waals surface area (Å²) in [5.74, 6) is -0.0939. The van der Waals surface area contributed by atoms with Crippen LogP contribution in [0.3, 0.4) is 0 Å². The third kappa shape index (κ3) is 2.27. The van der Waals surface area contributed by atoms with E-state index in [4.69, 9.17) is 5.11 Å². The number of aliphatic carboxylic acids is 1. The molecule has 1 saturated carbocycles. The zero-order valence-electron chi connectivity index (χ0n) is 12.8. The summed E-state index contributed by atoms with van der Waals surface area (Å²) in [6.07, 6.45) is 6.90. The first kappa shape index (κ1) is 13.9. The van der Waals surface area contributed by atoms with Crippen LogP contribution in [0.1, 0.15) is 30.9 Å². The Bertz CT molecular complexity index is 877. The van der Waals surface area contributed by atoms with Crippen molar-refractivity contribution < 1.29 is 9.90 Å². The molecular weight excluding hydrogens is 288 g/mol. The fraction of sp³-hybridized carbons (Fsp3) is 0.211. The third-order valence-electron chi connectivity index (χ3n) is 4.74. The van der Waals surface area contributed by atoms with Crippen molar-refractivity contribution in [1.82, 2.24) is 4.98 Å². The van der Waals surface area contributed by atoms with Crippen LogP contribution in [0.4, 0.5) is 5.82 Å². The van der Waals surface area contributed by atoms with Crippen molar-refractivity contribution in [1.29, 1.82) is 0 Å². The number of aromatic nitrogens is 1. The number of pyridine rings is 1. The molecule has 114 valence electrons. The molecule has 0 radical (unpaired) electrons. The van der Waals surface area contributed by atoms with Crippen molar-refractivity contribution in [2.75, 3.05) is 0 Å². The zero-order valence-corrected chi connectivity index (χ0v) is 12.8. The largest absolute Gasteiger partial charge is 0.478 e. The Kier molecular flexibility index (Phi) is 2.94. The molecule has 0 atom stereocenters. The van der Waals surface area contributed by atoms with Crippen molar-refractivity contribution in [3.63, 3.8) is 0 Å². The number of carboxylic acid groups (broad SMARTS) is 1. The molecule has 4 heteroatoms. The lowest BCUT2D eigenvalue weighted by Crippen LogP contribution is -2.12. The molecule has 1 N–H and O–H groups in total. The van der Waals surface area contributed by atoms with Gasteiger partial charge in [-0.3, -0.25) is 0 Å². The first-order chi connectivity index (χ1) is 11.1. The van der Waals surface area contributed by atoms with Crippen LogP contribution in [0.5, 0.6) is 0 Å². The predicted octanol–water partition coefficient (Wildman–Crippen LogP) is 3.98. The number of carbonyl (C=O) groups is 1. The van der Waals surface area contributed by atoms with E-state index in [1.807, 2.05) is 30.5 Å². The first-order valence-electron chi connectivity index (χ1n) is 7.66. The monoisotopic (exact) mass is 304 g/mol. The molecule has 2 aromatic rings. The van der Waals surface area contributed by atoms with Crippen LogP contribution in [0.2, 0.25) is 0 Å². The summed E-state index contributed by atoms with van der Waals surface area (Å²) in [7, 11) is 0. The maximum Gasteiger partial charge on any atom is 0.328 e. The van der Waals surface area contributed by atoms with E-state index in [2.05, 4.69) is 23.0 Å². The summed E-state index contributed by atoms with van der Waals surface area (Å²) in [6.45, 7) is 2.09. The minimum absolute atomic E-state index is 0.138. The van der Waals surface area contributed by atoms with Gasteiger partial charge in [-0.25, -0.2) is 14.8 Å². The lowest BCUT2D eigenvalue weighted by Gasteiger charge is -2.10. The average Bonchev–Trinajstić information content (AvgIpc) is 3.30. The van der Waals surface area contributed by atoms with Gasteiger partial charge in [0.25, 0.3) is 0 Å². The van der Waals surface area contributed by atoms with Gasteiger partial charge in [0, 0.05) is 34.5 Å². The summed E-state index contributed by atoms with van der Waals surface area (Å²) >= 11 is 0. The smallest absolute Gasteiger partial charge is 0.328 e. The summed E-state index contributed by atoms with van der Waals surface area (Å²) in [5, 5.41) is 8.75. The maximum absolute atomic E-state index is 10.7. The minimum Gasteiger partial charge on any atom is -0.478 e. The van der Waals surface area contributed by atoms with Crippen molar-refractivity contribution in [3.8, 4) is 11.1 Å². The van der Waals surface area contributed by atoms with Gasteiger partial charge in [-0.1, -0.05) is 18.2 Å². The highest BCUT2D eigenvalue weighted by molar-refractivity contribution is 6.02. The number of aliphatic imine (C=N–C) groups is 1. The Morgan fingerprint density at radius 2 is 2.09 bits per heavy atom. The SMILES string of the molecule is CC1=Nc2ncc(-c3cccc(/C=C/C(=O)O)c3)cc2C12CC2. The van der Waals surface area contributed by atoms with Crippen molar-refractivity contribution in [3.05, 3.63) is 53.7 Å². The molecule has 1 aromatic heterocycles. The third-order valence-corrected chi connectivity index (χ3v) is 4.74. The molecule has 0 unspecified atom stereocenters. The van der Waals surface area contributed by atoms with E-state index in [9.17, 15) is 4.79 Å². The van der Waals surface area contributed by atoms with E-state index < -0.39 is 5.97 Å². The Morgan fingerprint density at radius 3 is 2.83 bits per heavy atom. The second-order valence-electron chi connectivity index (χ2n) is 6.17. The molecule has 2 heterocycles. The number of rotatable bonds is 3. The van der Waals surface area contributed by atoms with Crippen molar-refractivity contribution in [2.24, 2.45) is 4.99 Å². The molecule has 23 heavy (non-hydrogen) atoms. The average molecular weight is 304 g/mol. The highest BCUT2D eigenvalue weighted by Crippen LogP contribution is 2.56. The van der Waals surface area contributed by atoms with Gasteiger partial charge in [0.05, 0.1) is 0 Å². The molecule has 1 aromatic carbocycles. The molecule has 0 saturated heterocycles. The molecule has 0 amide bonds. The summed E-state index contributed by atoms with van der Waals surface area (Å²) in [5.41, 5.74) is 5.49. The van der Waals surface area contributed by atoms with Crippen LogP contribution in [-0.2, 0) is 10.2 Å². The minimum atomic E-state index is -0.946. The summed E-state index contributed by atoms with van der Waals surface area (Å²) in [4.78, 5) is 19.8. The van der Waals surface area contributed by atoms with Gasteiger partial charge < -0.3 is 5.11 Å². The van der Waals surface area contributed by atoms with Crippen LogP contribution in [0, 0.1) is 0 Å². The van der Waals surface area contributed by atoms with Gasteiger partial charge in [0.1, 0.15) is 0 Å². The van der Waals surface area contributed by atoms with Gasteiger partial charge in [0.2, 0.25) is 0 Å². The van der Waals surface area contributed by atoms with Crippen molar-refractivity contribution >= 4 is 23.6 Å². The molecular formula is C19H16N2O2. The zero-order chi connectivity index (χ0) is 16.0. The Balaban J connectivity index is 1.72. The van der Waals surface area contributed by atoms with Crippen LogP contribution >= 0.6 is 0 Å². The van der Waals surface area contributed by atoms with Gasteiger partial charge in [-0.05, 0) is 49.1 Å². The first-order valence-corrected chi connectivity index (χ1v) is 7.66. The fourth-order valence-electron chi connectivity index (χ4n) is 3.26. The van der Waals surface area contributed by atoms with E-state index in [1.165, 1.54) is 11.3 Å². The van der Waals surface area contributed by atoms with E-state index in [-0.39, 0.29) is 5.41 Å². The number of hydrogen-bond donors (Lipinski definition) is 1. The van der Waals surface area contributed by atoms with Crippen LogP contribution < -0.4 is 0 Å². The Hall–Kier alpha value is -2.75. The van der Waals surface area contributed by atoms with Gasteiger partial charge in [0.15, 0.2) is 5.82 Å². The quantitative estimate of drug-likeness (QED) is 0.872. The van der Waals surface area contributed by atoms with Gasteiger partial charge in [-0.2, -0.15) is 0 Å². The van der Waals surface area contributed by atoms with Crippen LogP contribution in [0.15, 0.2) is 47.6 Å². The molecule has 1 spiro atoms. The number of hydrogen-bond acceptors (Lipinski definition) is 3. The summed E-state index contributed by atoms with van der Waals surface area (Å²) in [6, 6.07) is 10.0. The number of nitrogens with zero attached hydrogens (tertiary/aromatic N) is 2. The maximum atomic E-state index is 10.7. The van der Waals surface area contributed by atoms with Crippen LogP contribution in [-0.4, -0.2) is 21.8 Å². The predicted molar refractivity (Wildman–Crippen MR) is 90.0 cm³/mol. The highest BCUT2D eigenvalue weighted by atomic mass is 16.4. The molecule has 4 rings (SSSR count). The van der Waals surface area contributed by atoms with E-state index in [0.29, 0.717) is 0 Å². The van der Waals surface area contributed by atoms with Gasteiger partial charge in [-0.15, -0.1) is 0 Å². The molecule has 2 aliphatic rings. The second-order valence-corrected chi connectivity index (χ2v) is 6.17. The standard InChI is InChI=1S/C19H16N2O2/c1-12-19(7-8-19)16-10-15(11-20-18(16)21-12)14-4-2-3-13(9-14)5-6-17(22)23/h2-6,9-11H,7-8H2,1H3,(H,22,23)/b6-5+. The van der Waals surface area contributed by atoms with Crippen LogP contribution in [0.25, 0.3) is 17.2 Å². The highest BCUT2D eigenvalue weighted by Gasteiger charge is 2.51. The molecule has 1 fully saturated rings. The van der Waals surface area contributed by atoms with Gasteiger partial charge >= 0.3 is 5.97 Å². The molecule has 1 aliphatic carbocycles. The van der Waals surface area contributed by atoms with E-state index in [0.717, 1.165) is 41.4 Å². The lowest BCUT2D eigenvalue weighted by molar-refractivity contribution is -0.131. The number of fused-ring (bicyclic) bond motifs is 2. The van der Waals surface area contributed by atoms with E-state index >= 15 is 0 Å². The molecule has 0 bridgehead atoms. The normalized spacial score (nSPS) is 17.3. The lowest BCUT2D eigenvalue weighted by atomic mass is 9.92. The number of benzene rings is 1. The molecule has 4 nitrogen and oxygen atoms in total. The van der Waals surface area contributed by atoms with E-state index in [1.54, 1.807) is 6.08 Å².